The van der Waals surface area contributed by atoms with Crippen LogP contribution in [0.15, 0.2) is 29.3 Å². The number of hydrogen-bond donors (Lipinski definition) is 2. The molecule has 0 unspecified atom stereocenters. The van der Waals surface area contributed by atoms with E-state index >= 15 is 0 Å². The van der Waals surface area contributed by atoms with Gasteiger partial charge in [-0.25, -0.2) is 4.99 Å². The van der Waals surface area contributed by atoms with Gasteiger partial charge in [0.05, 0.1) is 13.7 Å². The van der Waals surface area contributed by atoms with Crippen LogP contribution in [0.1, 0.15) is 38.2 Å². The van der Waals surface area contributed by atoms with Crippen LogP contribution in [-0.2, 0) is 11.3 Å². The van der Waals surface area contributed by atoms with Gasteiger partial charge in [-0.05, 0) is 25.8 Å². The molecule has 1 aliphatic heterocycles. The van der Waals surface area contributed by atoms with Crippen LogP contribution < -0.4 is 15.4 Å². The average Bonchev–Trinajstić information content (AvgIpc) is 3.32. The quantitative estimate of drug-likeness (QED) is 0.300. The monoisotopic (exact) mass is 543 g/mol. The van der Waals surface area contributed by atoms with E-state index in [1.807, 2.05) is 24.3 Å². The van der Waals surface area contributed by atoms with Crippen molar-refractivity contribution in [2.45, 2.75) is 39.2 Å². The Morgan fingerprint density at radius 1 is 1.13 bits per heavy atom. The lowest BCUT2D eigenvalue weighted by Crippen LogP contribution is -2.51. The smallest absolute Gasteiger partial charge is 0.225 e. The molecule has 1 aromatic rings. The second-order valence-corrected chi connectivity index (χ2v) is 8.08. The molecule has 3 rings (SSSR count). The molecule has 0 aromatic heterocycles. The first-order chi connectivity index (χ1) is 14.7. The largest absolute Gasteiger partial charge is 0.496 e. The summed E-state index contributed by atoms with van der Waals surface area (Å²) in [5.41, 5.74) is 1.07. The summed E-state index contributed by atoms with van der Waals surface area (Å²) in [5.74, 6) is 2.36. The maximum Gasteiger partial charge on any atom is 0.225 e. The van der Waals surface area contributed by atoms with E-state index < -0.39 is 0 Å². The van der Waals surface area contributed by atoms with E-state index in [9.17, 15) is 4.79 Å². The van der Waals surface area contributed by atoms with Crippen molar-refractivity contribution < 1.29 is 9.53 Å². The first kappa shape index (κ1) is 25.7. The lowest BCUT2D eigenvalue weighted by atomic mass is 10.1. The van der Waals surface area contributed by atoms with Crippen LogP contribution in [0.2, 0.25) is 0 Å². The van der Waals surface area contributed by atoms with Gasteiger partial charge < -0.3 is 20.3 Å². The Morgan fingerprint density at radius 3 is 2.52 bits per heavy atom. The number of carbonyl (C=O) groups excluding carboxylic acids is 1. The lowest BCUT2D eigenvalue weighted by Gasteiger charge is -2.36. The molecule has 1 aliphatic carbocycles. The molecular weight excluding hydrogens is 505 g/mol. The van der Waals surface area contributed by atoms with Crippen LogP contribution in [0.3, 0.4) is 0 Å². The number of rotatable bonds is 8. The molecule has 1 aromatic carbocycles. The van der Waals surface area contributed by atoms with Gasteiger partial charge in [-0.3, -0.25) is 9.69 Å². The molecule has 2 fully saturated rings. The van der Waals surface area contributed by atoms with Crippen LogP contribution in [0.5, 0.6) is 5.75 Å². The normalized spacial score (nSPS) is 17.9. The van der Waals surface area contributed by atoms with Crippen molar-refractivity contribution in [3.05, 3.63) is 29.8 Å². The number of ether oxygens (including phenoxy) is 1. The number of amides is 1. The van der Waals surface area contributed by atoms with Crippen molar-refractivity contribution in [2.24, 2.45) is 10.9 Å². The fraction of sp³-hybridized carbons (Fsp3) is 0.652. The molecule has 174 valence electrons. The summed E-state index contributed by atoms with van der Waals surface area (Å²) in [6.07, 6.45) is 4.61. The summed E-state index contributed by atoms with van der Waals surface area (Å²) >= 11 is 0. The average molecular weight is 543 g/mol. The van der Waals surface area contributed by atoms with Crippen molar-refractivity contribution in [1.29, 1.82) is 0 Å². The molecule has 1 saturated carbocycles. The van der Waals surface area contributed by atoms with Crippen molar-refractivity contribution >= 4 is 35.8 Å². The highest BCUT2D eigenvalue weighted by molar-refractivity contribution is 14.0. The van der Waals surface area contributed by atoms with Gasteiger partial charge >= 0.3 is 0 Å². The minimum atomic E-state index is 0. The Hall–Kier alpha value is -1.55. The van der Waals surface area contributed by atoms with E-state index in [2.05, 4.69) is 27.4 Å². The van der Waals surface area contributed by atoms with Crippen LogP contribution in [0.25, 0.3) is 0 Å². The van der Waals surface area contributed by atoms with Gasteiger partial charge in [0.25, 0.3) is 0 Å². The third kappa shape index (κ3) is 7.82. The number of guanidine groups is 1. The number of nitrogens with one attached hydrogen (secondary N) is 2. The first-order valence-electron chi connectivity index (χ1n) is 11.4. The number of carbonyl (C=O) groups is 1. The predicted molar refractivity (Wildman–Crippen MR) is 136 cm³/mol. The molecule has 1 heterocycles. The Balaban J connectivity index is 0.00000341. The number of halogens is 1. The summed E-state index contributed by atoms with van der Waals surface area (Å²) in [7, 11) is 1.69. The zero-order chi connectivity index (χ0) is 21.2. The van der Waals surface area contributed by atoms with Crippen molar-refractivity contribution in [3.8, 4) is 5.75 Å². The van der Waals surface area contributed by atoms with Gasteiger partial charge in [0.1, 0.15) is 5.75 Å². The number of nitrogens with zero attached hydrogens (tertiary/aromatic N) is 3. The van der Waals surface area contributed by atoms with Gasteiger partial charge in [0, 0.05) is 57.3 Å². The van der Waals surface area contributed by atoms with E-state index in [-0.39, 0.29) is 24.0 Å². The summed E-state index contributed by atoms with van der Waals surface area (Å²) in [5, 5.41) is 6.74. The summed E-state index contributed by atoms with van der Waals surface area (Å²) in [6, 6.07) is 7.97. The SMILES string of the molecule is CCNC(=NCc1ccccc1OC)NCCN1CCN(C(=O)C2CCCC2)CC1.I. The summed E-state index contributed by atoms with van der Waals surface area (Å²) in [6.45, 7) is 8.86. The fourth-order valence-corrected chi connectivity index (χ4v) is 4.29. The highest BCUT2D eigenvalue weighted by Crippen LogP contribution is 2.26. The van der Waals surface area contributed by atoms with Crippen molar-refractivity contribution in [1.82, 2.24) is 20.4 Å². The molecule has 8 heteroatoms. The molecule has 0 bridgehead atoms. The molecule has 1 saturated heterocycles. The Morgan fingerprint density at radius 2 is 1.84 bits per heavy atom. The molecule has 0 radical (unpaired) electrons. The Bertz CT molecular complexity index is 701. The molecule has 2 N–H and O–H groups in total. The van der Waals surface area contributed by atoms with E-state index in [0.717, 1.165) is 75.9 Å². The van der Waals surface area contributed by atoms with Crippen molar-refractivity contribution in [2.75, 3.05) is 52.9 Å². The third-order valence-corrected chi connectivity index (χ3v) is 6.05. The number of methoxy groups -OCH3 is 1. The number of aliphatic imine (C=N–C) groups is 1. The van der Waals surface area contributed by atoms with E-state index in [1.165, 1.54) is 12.8 Å². The highest BCUT2D eigenvalue weighted by Gasteiger charge is 2.29. The van der Waals surface area contributed by atoms with E-state index in [1.54, 1.807) is 7.11 Å². The van der Waals surface area contributed by atoms with Crippen LogP contribution >= 0.6 is 24.0 Å². The molecule has 0 atom stereocenters. The van der Waals surface area contributed by atoms with Crippen LogP contribution in [0, 0.1) is 5.92 Å². The molecular formula is C23H38IN5O2. The molecule has 0 spiro atoms. The number of benzene rings is 1. The second kappa shape index (κ2) is 13.8. The summed E-state index contributed by atoms with van der Waals surface area (Å²) in [4.78, 5) is 21.8. The molecule has 31 heavy (non-hydrogen) atoms. The minimum Gasteiger partial charge on any atom is -0.496 e. The highest BCUT2D eigenvalue weighted by atomic mass is 127. The van der Waals surface area contributed by atoms with Crippen molar-refractivity contribution in [3.63, 3.8) is 0 Å². The maximum absolute atomic E-state index is 12.6. The molecule has 7 nitrogen and oxygen atoms in total. The molecule has 1 amide bonds. The topological polar surface area (TPSA) is 69.2 Å². The number of hydrogen-bond acceptors (Lipinski definition) is 4. The van der Waals surface area contributed by atoms with Gasteiger partial charge in [-0.2, -0.15) is 0 Å². The molecule has 2 aliphatic rings. The number of piperazine rings is 1. The minimum absolute atomic E-state index is 0. The summed E-state index contributed by atoms with van der Waals surface area (Å²) < 4.78 is 5.41. The van der Waals surface area contributed by atoms with E-state index in [0.29, 0.717) is 18.4 Å². The lowest BCUT2D eigenvalue weighted by molar-refractivity contribution is -0.137. The van der Waals surface area contributed by atoms with Gasteiger partial charge in [-0.1, -0.05) is 31.0 Å². The van der Waals surface area contributed by atoms with E-state index in [4.69, 9.17) is 9.73 Å². The standard InChI is InChI=1S/C23H37N5O2.HI/c1-3-24-23(26-18-20-10-6-7-11-21(20)30-2)25-12-13-27-14-16-28(17-15-27)22(29)19-8-4-5-9-19;/h6-7,10-11,19H,3-5,8-9,12-18H2,1-2H3,(H2,24,25,26);1H. The van der Waals surface area contributed by atoms with Crippen LogP contribution in [0.4, 0.5) is 0 Å². The van der Waals surface area contributed by atoms with Crippen LogP contribution in [-0.4, -0.2) is 74.6 Å². The Kier molecular flexibility index (Phi) is 11.4. The zero-order valence-corrected chi connectivity index (χ0v) is 21.3. The van der Waals surface area contributed by atoms with Gasteiger partial charge in [0.2, 0.25) is 5.91 Å². The second-order valence-electron chi connectivity index (χ2n) is 8.08. The van der Waals surface area contributed by atoms with Gasteiger partial charge in [-0.15, -0.1) is 24.0 Å². The fourth-order valence-electron chi connectivity index (χ4n) is 4.29. The zero-order valence-electron chi connectivity index (χ0n) is 18.9. The first-order valence-corrected chi connectivity index (χ1v) is 11.4. The Labute approximate surface area is 204 Å². The number of para-hydroxylation sites is 1. The van der Waals surface area contributed by atoms with Gasteiger partial charge in [0.15, 0.2) is 5.96 Å². The predicted octanol–water partition coefficient (Wildman–Crippen LogP) is 2.70. The third-order valence-electron chi connectivity index (χ3n) is 6.05. The maximum atomic E-state index is 12.6.